The Balaban J connectivity index is 1.80. The Bertz CT molecular complexity index is 746. The van der Waals surface area contributed by atoms with E-state index in [9.17, 15) is 0 Å². The molecule has 122 valence electrons. The first-order valence-electron chi connectivity index (χ1n) is 7.73. The second-order valence-corrected chi connectivity index (χ2v) is 6.69. The number of amidine groups is 1. The molecule has 5 N–H and O–H groups in total. The standard InChI is InChI=1S/C16H21BrN6/c1-10(23-13-5-3-2-4-12(13)9-21-23)22-16(14(17)15(18)19)20-8-11-6-7-11/h2-5,9-11,20,22H,6-8H2,1H3,(H3,18,19). The van der Waals surface area contributed by atoms with Gasteiger partial charge in [0.1, 0.15) is 17.8 Å². The van der Waals surface area contributed by atoms with Gasteiger partial charge in [-0.2, -0.15) is 5.10 Å². The third-order valence-electron chi connectivity index (χ3n) is 3.95. The van der Waals surface area contributed by atoms with Crippen molar-refractivity contribution in [2.45, 2.75) is 25.9 Å². The lowest BCUT2D eigenvalue weighted by Crippen LogP contribution is -2.35. The van der Waals surface area contributed by atoms with Crippen LogP contribution in [0.5, 0.6) is 0 Å². The number of halogens is 1. The lowest BCUT2D eigenvalue weighted by atomic mass is 10.2. The zero-order valence-electron chi connectivity index (χ0n) is 13.0. The molecule has 1 aromatic heterocycles. The SMILES string of the molecule is CC(NC(NCC1CC1)=C(Br)C(=N)N)n1ncc2ccccc21. The first-order valence-corrected chi connectivity index (χ1v) is 8.52. The third-order valence-corrected chi connectivity index (χ3v) is 4.77. The fourth-order valence-electron chi connectivity index (χ4n) is 2.47. The van der Waals surface area contributed by atoms with Crippen LogP contribution in [0.25, 0.3) is 10.9 Å². The van der Waals surface area contributed by atoms with Crippen molar-refractivity contribution in [2.24, 2.45) is 11.7 Å². The Morgan fingerprint density at radius 1 is 1.48 bits per heavy atom. The van der Waals surface area contributed by atoms with Crippen LogP contribution in [-0.4, -0.2) is 22.2 Å². The average Bonchev–Trinajstić information content (AvgIpc) is 3.27. The van der Waals surface area contributed by atoms with Crippen molar-refractivity contribution in [3.05, 3.63) is 40.8 Å². The Hall–Kier alpha value is -2.02. The zero-order valence-corrected chi connectivity index (χ0v) is 14.6. The molecule has 0 spiro atoms. The lowest BCUT2D eigenvalue weighted by Gasteiger charge is -2.21. The maximum absolute atomic E-state index is 7.65. The normalized spacial score (nSPS) is 16.8. The number of fused-ring (bicyclic) bond motifs is 1. The minimum Gasteiger partial charge on any atom is -0.383 e. The van der Waals surface area contributed by atoms with E-state index in [1.54, 1.807) is 0 Å². The van der Waals surface area contributed by atoms with Gasteiger partial charge in [0.15, 0.2) is 0 Å². The molecule has 0 bridgehead atoms. The monoisotopic (exact) mass is 376 g/mol. The highest BCUT2D eigenvalue weighted by Gasteiger charge is 2.22. The van der Waals surface area contributed by atoms with Crippen molar-refractivity contribution in [1.82, 2.24) is 20.4 Å². The van der Waals surface area contributed by atoms with Crippen molar-refractivity contribution in [3.63, 3.8) is 0 Å². The average molecular weight is 377 g/mol. The molecule has 1 saturated carbocycles. The minimum absolute atomic E-state index is 0.00618. The molecule has 1 aliphatic carbocycles. The maximum atomic E-state index is 7.65. The lowest BCUT2D eigenvalue weighted by molar-refractivity contribution is 0.431. The van der Waals surface area contributed by atoms with Crippen LogP contribution >= 0.6 is 15.9 Å². The summed E-state index contributed by atoms with van der Waals surface area (Å²) < 4.78 is 2.47. The van der Waals surface area contributed by atoms with E-state index in [4.69, 9.17) is 11.1 Å². The first-order chi connectivity index (χ1) is 11.1. The zero-order chi connectivity index (χ0) is 16.4. The van der Waals surface area contributed by atoms with E-state index in [0.29, 0.717) is 4.48 Å². The van der Waals surface area contributed by atoms with Gasteiger partial charge in [0.2, 0.25) is 0 Å². The topological polar surface area (TPSA) is 91.7 Å². The quantitative estimate of drug-likeness (QED) is 0.441. The van der Waals surface area contributed by atoms with E-state index in [1.165, 1.54) is 12.8 Å². The number of hydrogen-bond donors (Lipinski definition) is 4. The molecule has 0 saturated heterocycles. The number of nitrogens with one attached hydrogen (secondary N) is 3. The van der Waals surface area contributed by atoms with Crippen molar-refractivity contribution in [2.75, 3.05) is 6.54 Å². The summed E-state index contributed by atoms with van der Waals surface area (Å²) in [5.41, 5.74) is 6.68. The Kier molecular flexibility index (Phi) is 4.56. The van der Waals surface area contributed by atoms with Gasteiger partial charge in [0.25, 0.3) is 0 Å². The molecule has 2 aromatic rings. The van der Waals surface area contributed by atoms with Gasteiger partial charge in [-0.1, -0.05) is 18.2 Å². The second-order valence-electron chi connectivity index (χ2n) is 5.90. The number of nitrogens with two attached hydrogens (primary N) is 1. The number of benzene rings is 1. The predicted octanol–water partition coefficient (Wildman–Crippen LogP) is 2.64. The smallest absolute Gasteiger partial charge is 0.133 e. The molecule has 1 aliphatic rings. The number of rotatable bonds is 7. The summed E-state index contributed by atoms with van der Waals surface area (Å²) in [6, 6.07) is 8.09. The highest BCUT2D eigenvalue weighted by atomic mass is 79.9. The van der Waals surface area contributed by atoms with Crippen LogP contribution in [0, 0.1) is 11.3 Å². The Labute approximate surface area is 143 Å². The van der Waals surface area contributed by atoms with Crippen LogP contribution in [0.2, 0.25) is 0 Å². The van der Waals surface area contributed by atoms with Crippen LogP contribution < -0.4 is 16.4 Å². The third kappa shape index (κ3) is 3.67. The summed E-state index contributed by atoms with van der Waals surface area (Å²) >= 11 is 3.40. The van der Waals surface area contributed by atoms with Gasteiger partial charge in [-0.15, -0.1) is 0 Å². The minimum atomic E-state index is -0.0801. The van der Waals surface area contributed by atoms with Crippen molar-refractivity contribution >= 4 is 32.7 Å². The molecule has 23 heavy (non-hydrogen) atoms. The van der Waals surface area contributed by atoms with Gasteiger partial charge in [0, 0.05) is 11.9 Å². The van der Waals surface area contributed by atoms with Crippen molar-refractivity contribution in [3.8, 4) is 0 Å². The van der Waals surface area contributed by atoms with Gasteiger partial charge in [-0.05, 0) is 47.7 Å². The van der Waals surface area contributed by atoms with Crippen LogP contribution in [0.15, 0.2) is 40.8 Å². The molecule has 6 nitrogen and oxygen atoms in total. The molecule has 1 unspecified atom stereocenters. The molecule has 1 fully saturated rings. The molecular formula is C16H21BrN6. The number of hydrogen-bond acceptors (Lipinski definition) is 4. The van der Waals surface area contributed by atoms with E-state index in [2.05, 4.69) is 31.7 Å². The van der Waals surface area contributed by atoms with Crippen molar-refractivity contribution in [1.29, 1.82) is 5.41 Å². The van der Waals surface area contributed by atoms with E-state index < -0.39 is 0 Å². The van der Waals surface area contributed by atoms with Crippen LogP contribution in [0.4, 0.5) is 0 Å². The fourth-order valence-corrected chi connectivity index (χ4v) is 2.72. The van der Waals surface area contributed by atoms with E-state index in [-0.39, 0.29) is 12.0 Å². The van der Waals surface area contributed by atoms with E-state index >= 15 is 0 Å². The number of para-hydroxylation sites is 1. The summed E-state index contributed by atoms with van der Waals surface area (Å²) in [5.74, 6) is 1.45. The summed E-state index contributed by atoms with van der Waals surface area (Å²) in [6.07, 6.45) is 4.30. The molecule has 0 amide bonds. The summed E-state index contributed by atoms with van der Waals surface area (Å²) in [7, 11) is 0. The highest BCUT2D eigenvalue weighted by molar-refractivity contribution is 9.12. The summed E-state index contributed by atoms with van der Waals surface area (Å²) in [4.78, 5) is 0. The number of nitrogens with zero attached hydrogens (tertiary/aromatic N) is 2. The summed E-state index contributed by atoms with van der Waals surface area (Å²) in [5, 5.41) is 20.0. The molecule has 0 aliphatic heterocycles. The largest absolute Gasteiger partial charge is 0.383 e. The number of aromatic nitrogens is 2. The first kappa shape index (κ1) is 15.9. The van der Waals surface area contributed by atoms with Crippen LogP contribution in [0.1, 0.15) is 25.9 Å². The van der Waals surface area contributed by atoms with Crippen LogP contribution in [0.3, 0.4) is 0 Å². The Morgan fingerprint density at radius 2 is 2.22 bits per heavy atom. The summed E-state index contributed by atoms with van der Waals surface area (Å²) in [6.45, 7) is 2.91. The van der Waals surface area contributed by atoms with Gasteiger partial charge in [-0.3, -0.25) is 5.41 Å². The fraction of sp³-hybridized carbons (Fsp3) is 0.375. The predicted molar refractivity (Wildman–Crippen MR) is 96.2 cm³/mol. The molecule has 7 heteroatoms. The van der Waals surface area contributed by atoms with Crippen LogP contribution in [-0.2, 0) is 0 Å². The molecule has 1 aromatic carbocycles. The van der Waals surface area contributed by atoms with Crippen molar-refractivity contribution < 1.29 is 0 Å². The van der Waals surface area contributed by atoms with Gasteiger partial charge in [0.05, 0.1) is 16.2 Å². The second kappa shape index (κ2) is 6.62. The van der Waals surface area contributed by atoms with Gasteiger partial charge < -0.3 is 16.4 Å². The van der Waals surface area contributed by atoms with E-state index in [0.717, 1.165) is 29.2 Å². The highest BCUT2D eigenvalue weighted by Crippen LogP contribution is 2.28. The van der Waals surface area contributed by atoms with E-state index in [1.807, 2.05) is 42.1 Å². The molecule has 3 rings (SSSR count). The molecule has 0 radical (unpaired) electrons. The van der Waals surface area contributed by atoms with Gasteiger partial charge >= 0.3 is 0 Å². The molecule has 1 heterocycles. The molecule has 1 atom stereocenters. The van der Waals surface area contributed by atoms with Gasteiger partial charge in [-0.25, -0.2) is 4.68 Å². The molecular weight excluding hydrogens is 356 g/mol. The maximum Gasteiger partial charge on any atom is 0.133 e. The Morgan fingerprint density at radius 3 is 2.91 bits per heavy atom.